The molecule has 1 aliphatic rings. The smallest absolute Gasteiger partial charge is 0.236 e. The van der Waals surface area contributed by atoms with Gasteiger partial charge in [0.05, 0.1) is 13.1 Å². The molecule has 0 radical (unpaired) electrons. The summed E-state index contributed by atoms with van der Waals surface area (Å²) in [6, 6.07) is 0.244. The molecule has 0 unspecified atom stereocenters. The fraction of sp³-hybridized carbons (Fsp3) is 0.846. The van der Waals surface area contributed by atoms with E-state index >= 15 is 0 Å². The average Bonchev–Trinajstić information content (AvgIpc) is 2.89. The molecule has 0 spiro atoms. The predicted octanol–water partition coefficient (Wildman–Crippen LogP) is 0.503. The van der Waals surface area contributed by atoms with Gasteiger partial charge in [0.2, 0.25) is 11.8 Å². The number of carbonyl (C=O) groups excluding carboxylic acids is 2. The normalized spacial score (nSPS) is 15.2. The Morgan fingerprint density at radius 2 is 1.72 bits per heavy atom. The Kier molecular flexibility index (Phi) is 6.72. The zero-order valence-electron chi connectivity index (χ0n) is 11.5. The summed E-state index contributed by atoms with van der Waals surface area (Å²) in [4.78, 5) is 25.1. The average molecular weight is 255 g/mol. The van der Waals surface area contributed by atoms with Crippen LogP contribution in [0.5, 0.6) is 0 Å². The number of nitrogens with one attached hydrogen (secondary N) is 2. The van der Waals surface area contributed by atoms with E-state index in [9.17, 15) is 9.59 Å². The number of rotatable bonds is 7. The summed E-state index contributed by atoms with van der Waals surface area (Å²) in [5, 5.41) is 5.85. The van der Waals surface area contributed by atoms with E-state index in [1.165, 1.54) is 0 Å². The van der Waals surface area contributed by atoms with Gasteiger partial charge >= 0.3 is 0 Å². The van der Waals surface area contributed by atoms with Gasteiger partial charge in [-0.2, -0.15) is 0 Å². The Morgan fingerprint density at radius 1 is 1.11 bits per heavy atom. The van der Waals surface area contributed by atoms with Crippen molar-refractivity contribution in [3.05, 3.63) is 0 Å². The van der Waals surface area contributed by atoms with Crippen LogP contribution in [-0.2, 0) is 9.59 Å². The van der Waals surface area contributed by atoms with Crippen LogP contribution in [0.25, 0.3) is 0 Å². The Morgan fingerprint density at radius 3 is 2.28 bits per heavy atom. The van der Waals surface area contributed by atoms with Crippen LogP contribution >= 0.6 is 0 Å². The molecule has 0 bridgehead atoms. The topological polar surface area (TPSA) is 61.4 Å². The number of hydrogen-bond donors (Lipinski definition) is 2. The van der Waals surface area contributed by atoms with Gasteiger partial charge in [0.15, 0.2) is 0 Å². The molecule has 5 heteroatoms. The molecule has 1 saturated heterocycles. The van der Waals surface area contributed by atoms with Gasteiger partial charge < -0.3 is 10.2 Å². The molecule has 104 valence electrons. The van der Waals surface area contributed by atoms with Crippen molar-refractivity contribution in [1.82, 2.24) is 15.5 Å². The van der Waals surface area contributed by atoms with Crippen molar-refractivity contribution in [1.29, 1.82) is 0 Å². The Labute approximate surface area is 109 Å². The maximum Gasteiger partial charge on any atom is 0.236 e. The molecule has 1 fully saturated rings. The minimum Gasteiger partial charge on any atom is -0.352 e. The van der Waals surface area contributed by atoms with E-state index in [1.807, 2.05) is 4.90 Å². The van der Waals surface area contributed by atoms with Crippen molar-refractivity contribution in [3.63, 3.8) is 0 Å². The summed E-state index contributed by atoms with van der Waals surface area (Å²) < 4.78 is 0. The van der Waals surface area contributed by atoms with Gasteiger partial charge in [-0.15, -0.1) is 0 Å². The molecule has 0 aromatic rings. The van der Waals surface area contributed by atoms with Crippen molar-refractivity contribution < 1.29 is 9.59 Å². The molecule has 5 nitrogen and oxygen atoms in total. The molecule has 0 aliphatic carbocycles. The second kappa shape index (κ2) is 8.08. The molecule has 0 aromatic heterocycles. The third-order valence-corrected chi connectivity index (χ3v) is 3.37. The lowest BCUT2D eigenvalue weighted by atomic mass is 10.2. The monoisotopic (exact) mass is 255 g/mol. The first-order valence-electron chi connectivity index (χ1n) is 6.95. The number of carbonyl (C=O) groups is 2. The lowest BCUT2D eigenvalue weighted by Gasteiger charge is -2.17. The van der Waals surface area contributed by atoms with Crippen molar-refractivity contribution in [3.8, 4) is 0 Å². The zero-order valence-corrected chi connectivity index (χ0v) is 11.5. The van der Waals surface area contributed by atoms with Crippen molar-refractivity contribution in [2.24, 2.45) is 0 Å². The summed E-state index contributed by atoms with van der Waals surface area (Å²) in [7, 11) is 0. The van der Waals surface area contributed by atoms with Crippen LogP contribution in [0.3, 0.4) is 0 Å². The Balaban J connectivity index is 2.12. The van der Waals surface area contributed by atoms with Crippen LogP contribution in [0.4, 0.5) is 0 Å². The molecule has 2 amide bonds. The molecule has 1 rings (SSSR count). The SMILES string of the molecule is CCC(CC)NC(=O)CNCC(=O)N1CCCC1. The highest BCUT2D eigenvalue weighted by Gasteiger charge is 2.17. The zero-order chi connectivity index (χ0) is 13.4. The van der Waals surface area contributed by atoms with Crippen molar-refractivity contribution in [2.45, 2.75) is 45.6 Å². The summed E-state index contributed by atoms with van der Waals surface area (Å²) in [5.74, 6) is 0.0701. The van der Waals surface area contributed by atoms with Gasteiger partial charge in [0.1, 0.15) is 0 Å². The van der Waals surface area contributed by atoms with E-state index in [-0.39, 0.29) is 30.9 Å². The van der Waals surface area contributed by atoms with Crippen LogP contribution in [-0.4, -0.2) is 48.9 Å². The predicted molar refractivity (Wildman–Crippen MR) is 71.2 cm³/mol. The standard InChI is InChI=1S/C13H25N3O2/c1-3-11(4-2)15-12(17)9-14-10-13(18)16-7-5-6-8-16/h11,14H,3-10H2,1-2H3,(H,15,17). The second-order valence-corrected chi connectivity index (χ2v) is 4.77. The van der Waals surface area contributed by atoms with Gasteiger partial charge in [-0.05, 0) is 25.7 Å². The molecule has 0 atom stereocenters. The van der Waals surface area contributed by atoms with E-state index in [2.05, 4.69) is 24.5 Å². The molecule has 1 aliphatic heterocycles. The molecule has 18 heavy (non-hydrogen) atoms. The van der Waals surface area contributed by atoms with Crippen molar-refractivity contribution in [2.75, 3.05) is 26.2 Å². The van der Waals surface area contributed by atoms with Gasteiger partial charge in [-0.3, -0.25) is 14.9 Å². The van der Waals surface area contributed by atoms with Crippen LogP contribution < -0.4 is 10.6 Å². The molecule has 0 aromatic carbocycles. The Bertz CT molecular complexity index is 271. The van der Waals surface area contributed by atoms with E-state index < -0.39 is 0 Å². The summed E-state index contributed by atoms with van der Waals surface area (Å²) in [5.41, 5.74) is 0. The third-order valence-electron chi connectivity index (χ3n) is 3.37. The molecule has 1 heterocycles. The van der Waals surface area contributed by atoms with Crippen molar-refractivity contribution >= 4 is 11.8 Å². The highest BCUT2D eigenvalue weighted by atomic mass is 16.2. The summed E-state index contributed by atoms with van der Waals surface area (Å²) >= 11 is 0. The largest absolute Gasteiger partial charge is 0.352 e. The number of hydrogen-bond acceptors (Lipinski definition) is 3. The van der Waals surface area contributed by atoms with Gasteiger partial charge in [0, 0.05) is 19.1 Å². The maximum atomic E-state index is 11.7. The molecule has 0 saturated carbocycles. The molecular weight excluding hydrogens is 230 g/mol. The van der Waals surface area contributed by atoms with Gasteiger partial charge in [0.25, 0.3) is 0 Å². The van der Waals surface area contributed by atoms with Crippen LogP contribution in [0.15, 0.2) is 0 Å². The van der Waals surface area contributed by atoms with Crippen LogP contribution in [0.1, 0.15) is 39.5 Å². The summed E-state index contributed by atoms with van der Waals surface area (Å²) in [6.45, 7) is 6.31. The highest BCUT2D eigenvalue weighted by molar-refractivity contribution is 5.81. The van der Waals surface area contributed by atoms with Crippen LogP contribution in [0, 0.1) is 0 Å². The fourth-order valence-electron chi connectivity index (χ4n) is 2.13. The van der Waals surface area contributed by atoms with Gasteiger partial charge in [-0.25, -0.2) is 0 Å². The van der Waals surface area contributed by atoms with Crippen LogP contribution in [0.2, 0.25) is 0 Å². The van der Waals surface area contributed by atoms with E-state index in [0.717, 1.165) is 38.8 Å². The first-order chi connectivity index (χ1) is 8.67. The second-order valence-electron chi connectivity index (χ2n) is 4.77. The lowest BCUT2D eigenvalue weighted by Crippen LogP contribution is -2.43. The van der Waals surface area contributed by atoms with E-state index in [0.29, 0.717) is 0 Å². The van der Waals surface area contributed by atoms with E-state index in [4.69, 9.17) is 0 Å². The highest BCUT2D eigenvalue weighted by Crippen LogP contribution is 2.06. The number of amides is 2. The molecular formula is C13H25N3O2. The van der Waals surface area contributed by atoms with E-state index in [1.54, 1.807) is 0 Å². The third kappa shape index (κ3) is 5.04. The maximum absolute atomic E-state index is 11.7. The fourth-order valence-corrected chi connectivity index (χ4v) is 2.13. The molecule has 2 N–H and O–H groups in total. The first-order valence-corrected chi connectivity index (χ1v) is 6.95. The quantitative estimate of drug-likeness (QED) is 0.696. The summed E-state index contributed by atoms with van der Waals surface area (Å²) in [6.07, 6.45) is 4.08. The minimum absolute atomic E-state index is 0.0297. The number of nitrogens with zero attached hydrogens (tertiary/aromatic N) is 1. The van der Waals surface area contributed by atoms with Gasteiger partial charge in [-0.1, -0.05) is 13.8 Å². The number of likely N-dealkylation sites (tertiary alicyclic amines) is 1. The lowest BCUT2D eigenvalue weighted by molar-refractivity contribution is -0.129. The Hall–Kier alpha value is -1.10. The minimum atomic E-state index is -0.0297. The first kappa shape index (κ1) is 15.0.